The van der Waals surface area contributed by atoms with E-state index in [0.717, 1.165) is 17.8 Å². The molecule has 0 aromatic heterocycles. The van der Waals surface area contributed by atoms with Gasteiger partial charge in [0, 0.05) is 5.54 Å². The Kier molecular flexibility index (Phi) is 4.16. The molecule has 2 fully saturated rings. The Bertz CT molecular complexity index is 409. The van der Waals surface area contributed by atoms with Crippen molar-refractivity contribution < 1.29 is 0 Å². The molecule has 0 heterocycles. The Morgan fingerprint density at radius 2 is 1.50 bits per heavy atom. The lowest BCUT2D eigenvalue weighted by Crippen LogP contribution is -2.50. The smallest absolute Gasteiger partial charge is 0.0183 e. The number of rotatable bonds is 2. The van der Waals surface area contributed by atoms with Crippen LogP contribution in [0.15, 0.2) is 30.3 Å². The molecule has 0 radical (unpaired) electrons. The van der Waals surface area contributed by atoms with Gasteiger partial charge in [0.05, 0.1) is 0 Å². The molecule has 2 aliphatic rings. The van der Waals surface area contributed by atoms with Crippen LogP contribution in [0.25, 0.3) is 0 Å². The average molecular weight is 271 g/mol. The predicted molar refractivity (Wildman–Crippen MR) is 85.7 cm³/mol. The second kappa shape index (κ2) is 5.89. The topological polar surface area (TPSA) is 26.0 Å². The van der Waals surface area contributed by atoms with Crippen molar-refractivity contribution in [3.05, 3.63) is 35.9 Å². The van der Waals surface area contributed by atoms with Gasteiger partial charge in [0.2, 0.25) is 0 Å². The molecule has 0 unspecified atom stereocenters. The Labute approximate surface area is 124 Å². The largest absolute Gasteiger partial charge is 0.325 e. The highest BCUT2D eigenvalue weighted by atomic mass is 14.8. The minimum atomic E-state index is 0.144. The molecule has 0 spiro atoms. The molecule has 2 saturated carbocycles. The highest BCUT2D eigenvalue weighted by Crippen LogP contribution is 2.45. The fourth-order valence-electron chi connectivity index (χ4n) is 4.46. The van der Waals surface area contributed by atoms with Gasteiger partial charge in [-0.05, 0) is 61.8 Å². The number of nitrogens with two attached hydrogens (primary N) is 1. The highest BCUT2D eigenvalue weighted by Gasteiger charge is 2.39. The first-order chi connectivity index (χ1) is 9.67. The van der Waals surface area contributed by atoms with E-state index in [2.05, 4.69) is 37.3 Å². The Morgan fingerprint density at radius 1 is 0.900 bits per heavy atom. The normalized spacial score (nSPS) is 38.6. The Hall–Kier alpha value is -0.820. The molecule has 3 rings (SSSR count). The van der Waals surface area contributed by atoms with E-state index in [0.29, 0.717) is 0 Å². The fraction of sp³-hybridized carbons (Fsp3) is 0.684. The van der Waals surface area contributed by atoms with Gasteiger partial charge in [0.1, 0.15) is 0 Å². The second-order valence-corrected chi connectivity index (χ2v) is 7.37. The molecule has 2 aliphatic carbocycles. The van der Waals surface area contributed by atoms with Gasteiger partial charge < -0.3 is 5.73 Å². The van der Waals surface area contributed by atoms with Crippen molar-refractivity contribution in [1.29, 1.82) is 0 Å². The summed E-state index contributed by atoms with van der Waals surface area (Å²) < 4.78 is 0. The Balaban J connectivity index is 1.60. The van der Waals surface area contributed by atoms with Crippen LogP contribution in [0.2, 0.25) is 0 Å². The molecule has 0 bridgehead atoms. The summed E-state index contributed by atoms with van der Waals surface area (Å²) in [5, 5.41) is 0. The molecule has 1 heteroatoms. The molecule has 1 aromatic carbocycles. The third-order valence-electron chi connectivity index (χ3n) is 6.02. The molecular formula is C19H29N. The maximum atomic E-state index is 6.82. The quantitative estimate of drug-likeness (QED) is 0.816. The summed E-state index contributed by atoms with van der Waals surface area (Å²) >= 11 is 0. The maximum Gasteiger partial charge on any atom is 0.0183 e. The standard InChI is InChI=1S/C19H29N/c1-15-7-9-18(10-8-15)19(20)13-11-17(12-14-19)16-5-3-2-4-6-16/h2-6,15,17-18H,7-14,20H2,1H3. The van der Waals surface area contributed by atoms with Crippen LogP contribution in [0.3, 0.4) is 0 Å². The second-order valence-electron chi connectivity index (χ2n) is 7.37. The fourth-order valence-corrected chi connectivity index (χ4v) is 4.46. The third-order valence-corrected chi connectivity index (χ3v) is 6.02. The summed E-state index contributed by atoms with van der Waals surface area (Å²) in [6.07, 6.45) is 10.6. The molecule has 0 aliphatic heterocycles. The lowest BCUT2D eigenvalue weighted by Gasteiger charge is -2.45. The van der Waals surface area contributed by atoms with Gasteiger partial charge in [-0.25, -0.2) is 0 Å². The van der Waals surface area contributed by atoms with Gasteiger partial charge in [-0.3, -0.25) is 0 Å². The van der Waals surface area contributed by atoms with Gasteiger partial charge in [-0.1, -0.05) is 50.1 Å². The van der Waals surface area contributed by atoms with Gasteiger partial charge in [-0.2, -0.15) is 0 Å². The van der Waals surface area contributed by atoms with Crippen LogP contribution < -0.4 is 5.73 Å². The highest BCUT2D eigenvalue weighted by molar-refractivity contribution is 5.20. The summed E-state index contributed by atoms with van der Waals surface area (Å²) in [6, 6.07) is 11.0. The van der Waals surface area contributed by atoms with E-state index in [1.165, 1.54) is 56.9 Å². The zero-order valence-corrected chi connectivity index (χ0v) is 12.9. The van der Waals surface area contributed by atoms with Gasteiger partial charge >= 0.3 is 0 Å². The first-order valence-corrected chi connectivity index (χ1v) is 8.51. The number of benzene rings is 1. The van der Waals surface area contributed by atoms with E-state index < -0.39 is 0 Å². The van der Waals surface area contributed by atoms with Crippen LogP contribution in [0, 0.1) is 11.8 Å². The molecule has 0 amide bonds. The van der Waals surface area contributed by atoms with Crippen molar-refractivity contribution in [2.75, 3.05) is 0 Å². The van der Waals surface area contributed by atoms with Gasteiger partial charge in [0.15, 0.2) is 0 Å². The van der Waals surface area contributed by atoms with Crippen LogP contribution in [-0.4, -0.2) is 5.54 Å². The summed E-state index contributed by atoms with van der Waals surface area (Å²) in [6.45, 7) is 2.39. The van der Waals surface area contributed by atoms with E-state index >= 15 is 0 Å². The van der Waals surface area contributed by atoms with Crippen LogP contribution in [0.4, 0.5) is 0 Å². The number of hydrogen-bond acceptors (Lipinski definition) is 1. The zero-order valence-electron chi connectivity index (χ0n) is 12.9. The SMILES string of the molecule is CC1CCC(C2(N)CCC(c3ccccc3)CC2)CC1. The molecule has 0 saturated heterocycles. The first-order valence-electron chi connectivity index (χ1n) is 8.51. The molecule has 2 N–H and O–H groups in total. The molecule has 1 nitrogen and oxygen atoms in total. The van der Waals surface area contributed by atoms with Crippen LogP contribution >= 0.6 is 0 Å². The summed E-state index contributed by atoms with van der Waals surface area (Å²) in [5.41, 5.74) is 8.48. The van der Waals surface area contributed by atoms with E-state index in [1.54, 1.807) is 0 Å². The van der Waals surface area contributed by atoms with Crippen molar-refractivity contribution in [2.24, 2.45) is 17.6 Å². The molecular weight excluding hydrogens is 242 g/mol. The summed E-state index contributed by atoms with van der Waals surface area (Å²) in [4.78, 5) is 0. The lowest BCUT2D eigenvalue weighted by atomic mass is 9.64. The summed E-state index contributed by atoms with van der Waals surface area (Å²) in [5.74, 6) is 2.46. The van der Waals surface area contributed by atoms with Crippen molar-refractivity contribution in [2.45, 2.75) is 69.7 Å². The zero-order chi connectivity index (χ0) is 14.0. The van der Waals surface area contributed by atoms with Crippen molar-refractivity contribution in [3.63, 3.8) is 0 Å². The number of hydrogen-bond donors (Lipinski definition) is 1. The average Bonchev–Trinajstić information content (AvgIpc) is 2.49. The van der Waals surface area contributed by atoms with E-state index in [1.807, 2.05) is 0 Å². The minimum absolute atomic E-state index is 0.144. The predicted octanol–water partition coefficient (Wildman–Crippen LogP) is 4.87. The minimum Gasteiger partial charge on any atom is -0.325 e. The van der Waals surface area contributed by atoms with E-state index in [-0.39, 0.29) is 5.54 Å². The van der Waals surface area contributed by atoms with Crippen molar-refractivity contribution in [3.8, 4) is 0 Å². The molecule has 1 aromatic rings. The molecule has 20 heavy (non-hydrogen) atoms. The summed E-state index contributed by atoms with van der Waals surface area (Å²) in [7, 11) is 0. The Morgan fingerprint density at radius 3 is 2.10 bits per heavy atom. The molecule has 110 valence electrons. The van der Waals surface area contributed by atoms with Crippen LogP contribution in [0.1, 0.15) is 69.8 Å². The monoisotopic (exact) mass is 271 g/mol. The van der Waals surface area contributed by atoms with Gasteiger partial charge in [-0.15, -0.1) is 0 Å². The third kappa shape index (κ3) is 2.93. The van der Waals surface area contributed by atoms with E-state index in [4.69, 9.17) is 5.73 Å². The van der Waals surface area contributed by atoms with Crippen LogP contribution in [0.5, 0.6) is 0 Å². The van der Waals surface area contributed by atoms with Crippen LogP contribution in [-0.2, 0) is 0 Å². The molecule has 0 atom stereocenters. The first kappa shape index (κ1) is 14.1. The van der Waals surface area contributed by atoms with Crippen molar-refractivity contribution in [1.82, 2.24) is 0 Å². The van der Waals surface area contributed by atoms with Gasteiger partial charge in [0.25, 0.3) is 0 Å². The lowest BCUT2D eigenvalue weighted by molar-refractivity contribution is 0.130. The maximum absolute atomic E-state index is 6.82. The van der Waals surface area contributed by atoms with E-state index in [9.17, 15) is 0 Å². The van der Waals surface area contributed by atoms with Crippen molar-refractivity contribution >= 4 is 0 Å².